The number of aryl methyl sites for hydroxylation is 1. The molecular formula is C17H25N3O2S. The summed E-state index contributed by atoms with van der Waals surface area (Å²) in [6, 6.07) is 0. The number of ether oxygens (including phenoxy) is 1. The maximum Gasteiger partial charge on any atom is 0.226 e. The molecule has 1 aliphatic carbocycles. The van der Waals surface area contributed by atoms with Gasteiger partial charge in [-0.3, -0.25) is 9.69 Å². The summed E-state index contributed by atoms with van der Waals surface area (Å²) in [6.07, 6.45) is 3.43. The van der Waals surface area contributed by atoms with E-state index in [9.17, 15) is 4.79 Å². The fraction of sp³-hybridized carbons (Fsp3) is 0.765. The van der Waals surface area contributed by atoms with Crippen LogP contribution in [0.1, 0.15) is 30.0 Å². The molecule has 0 radical (unpaired) electrons. The third-order valence-corrected chi connectivity index (χ3v) is 6.54. The number of nitrogens with zero attached hydrogens (tertiary/aromatic N) is 3. The smallest absolute Gasteiger partial charge is 0.226 e. The van der Waals surface area contributed by atoms with E-state index in [1.165, 1.54) is 5.69 Å². The van der Waals surface area contributed by atoms with Gasteiger partial charge in [0.1, 0.15) is 0 Å². The normalized spacial score (nSPS) is 27.3. The Balaban J connectivity index is 1.29. The van der Waals surface area contributed by atoms with Crippen LogP contribution in [0.25, 0.3) is 0 Å². The lowest BCUT2D eigenvalue weighted by molar-refractivity contribution is -0.137. The van der Waals surface area contributed by atoms with Crippen LogP contribution in [-0.2, 0) is 16.1 Å². The van der Waals surface area contributed by atoms with Crippen molar-refractivity contribution >= 4 is 17.2 Å². The van der Waals surface area contributed by atoms with Gasteiger partial charge in [0.15, 0.2) is 0 Å². The molecule has 3 fully saturated rings. The Morgan fingerprint density at radius 1 is 1.35 bits per heavy atom. The second-order valence-electron chi connectivity index (χ2n) is 7.19. The van der Waals surface area contributed by atoms with Gasteiger partial charge >= 0.3 is 0 Å². The van der Waals surface area contributed by atoms with Gasteiger partial charge in [-0.05, 0) is 44.7 Å². The summed E-state index contributed by atoms with van der Waals surface area (Å²) < 4.78 is 5.35. The number of morpholine rings is 1. The Labute approximate surface area is 141 Å². The lowest BCUT2D eigenvalue weighted by Crippen LogP contribution is -2.43. The topological polar surface area (TPSA) is 45.7 Å². The number of aromatic nitrogens is 1. The molecule has 3 aliphatic rings. The van der Waals surface area contributed by atoms with Gasteiger partial charge in [0.05, 0.1) is 23.9 Å². The zero-order chi connectivity index (χ0) is 15.9. The third kappa shape index (κ3) is 3.16. The quantitative estimate of drug-likeness (QED) is 0.846. The molecule has 5 nitrogen and oxygen atoms in total. The van der Waals surface area contributed by atoms with Crippen molar-refractivity contribution < 1.29 is 9.53 Å². The monoisotopic (exact) mass is 335 g/mol. The van der Waals surface area contributed by atoms with Gasteiger partial charge in [-0.15, -0.1) is 11.3 Å². The molecule has 0 bridgehead atoms. The van der Waals surface area contributed by atoms with Crippen molar-refractivity contribution in [3.8, 4) is 0 Å². The summed E-state index contributed by atoms with van der Waals surface area (Å²) in [5.41, 5.74) is 1.50. The molecule has 6 heteroatoms. The number of amides is 1. The Kier molecular flexibility index (Phi) is 4.15. The van der Waals surface area contributed by atoms with Crippen molar-refractivity contribution in [2.75, 3.05) is 39.4 Å². The number of carbonyl (C=O) groups is 1. The molecule has 1 aromatic heterocycles. The van der Waals surface area contributed by atoms with Crippen LogP contribution in [0, 0.1) is 18.3 Å². The van der Waals surface area contributed by atoms with Crippen molar-refractivity contribution in [2.45, 2.75) is 32.7 Å². The summed E-state index contributed by atoms with van der Waals surface area (Å²) in [4.78, 5) is 21.7. The third-order valence-electron chi connectivity index (χ3n) is 5.71. The van der Waals surface area contributed by atoms with E-state index < -0.39 is 0 Å². The average molecular weight is 335 g/mol. The maximum atomic E-state index is 12.7. The van der Waals surface area contributed by atoms with Gasteiger partial charge in [-0.2, -0.15) is 0 Å². The highest BCUT2D eigenvalue weighted by Gasteiger charge is 2.59. The van der Waals surface area contributed by atoms with Gasteiger partial charge in [0.2, 0.25) is 5.91 Å². The van der Waals surface area contributed by atoms with Crippen LogP contribution in [0.4, 0.5) is 0 Å². The van der Waals surface area contributed by atoms with Crippen molar-refractivity contribution in [3.63, 3.8) is 0 Å². The number of piperidine rings is 1. The first-order valence-electron chi connectivity index (χ1n) is 8.66. The second-order valence-corrected chi connectivity index (χ2v) is 8.25. The largest absolute Gasteiger partial charge is 0.378 e. The Morgan fingerprint density at radius 3 is 2.74 bits per heavy atom. The molecule has 1 atom stereocenters. The summed E-state index contributed by atoms with van der Waals surface area (Å²) in [5.74, 6) is 0.668. The molecule has 3 heterocycles. The van der Waals surface area contributed by atoms with Crippen molar-refractivity contribution in [1.82, 2.24) is 14.8 Å². The van der Waals surface area contributed by atoms with Crippen LogP contribution < -0.4 is 0 Å². The van der Waals surface area contributed by atoms with Crippen LogP contribution >= 0.6 is 11.3 Å². The zero-order valence-corrected chi connectivity index (χ0v) is 14.6. The van der Waals surface area contributed by atoms with Crippen molar-refractivity contribution in [2.24, 2.45) is 11.3 Å². The molecule has 0 aromatic carbocycles. The van der Waals surface area contributed by atoms with E-state index in [0.717, 1.165) is 57.0 Å². The molecule has 1 spiro atoms. The van der Waals surface area contributed by atoms with E-state index in [1.54, 1.807) is 11.3 Å². The SMILES string of the molecule is Cc1nc(CN2CCC3(CC2)CC3C(=O)N2CCOCC2)cs1. The minimum Gasteiger partial charge on any atom is -0.378 e. The minimum atomic E-state index is 0.282. The van der Waals surface area contributed by atoms with Crippen molar-refractivity contribution in [1.29, 1.82) is 0 Å². The highest BCUT2D eigenvalue weighted by molar-refractivity contribution is 7.09. The Hall–Kier alpha value is -0.980. The first-order chi connectivity index (χ1) is 11.2. The van der Waals surface area contributed by atoms with E-state index in [2.05, 4.69) is 22.2 Å². The highest BCUT2D eigenvalue weighted by Crippen LogP contribution is 2.60. The molecule has 1 amide bonds. The first-order valence-corrected chi connectivity index (χ1v) is 9.54. The number of thiazole rings is 1. The maximum absolute atomic E-state index is 12.7. The molecular weight excluding hydrogens is 310 g/mol. The fourth-order valence-corrected chi connectivity index (χ4v) is 4.72. The first kappa shape index (κ1) is 15.5. The van der Waals surface area contributed by atoms with Crippen LogP contribution in [0.15, 0.2) is 5.38 Å². The number of rotatable bonds is 3. The number of likely N-dealkylation sites (tertiary alicyclic amines) is 1. The fourth-order valence-electron chi connectivity index (χ4n) is 4.12. The minimum absolute atomic E-state index is 0.282. The van der Waals surface area contributed by atoms with Crippen molar-refractivity contribution in [3.05, 3.63) is 16.1 Å². The average Bonchev–Trinajstić information content (AvgIpc) is 3.13. The molecule has 1 aromatic rings. The molecule has 4 rings (SSSR count). The number of hydrogen-bond donors (Lipinski definition) is 0. The summed E-state index contributed by atoms with van der Waals surface area (Å²) in [6.45, 7) is 8.18. The van der Waals surface area contributed by atoms with E-state index in [-0.39, 0.29) is 5.92 Å². The van der Waals surface area contributed by atoms with Crippen LogP contribution in [0.3, 0.4) is 0 Å². The summed E-state index contributed by atoms with van der Waals surface area (Å²) in [7, 11) is 0. The second kappa shape index (κ2) is 6.15. The molecule has 0 N–H and O–H groups in total. The predicted molar refractivity (Wildman–Crippen MR) is 89.3 cm³/mol. The van der Waals surface area contributed by atoms with E-state index >= 15 is 0 Å². The number of carbonyl (C=O) groups excluding carboxylic acids is 1. The highest BCUT2D eigenvalue weighted by atomic mass is 32.1. The molecule has 1 unspecified atom stereocenters. The lowest BCUT2D eigenvalue weighted by Gasteiger charge is -2.33. The molecule has 2 saturated heterocycles. The predicted octanol–water partition coefficient (Wildman–Crippen LogP) is 1.91. The Morgan fingerprint density at radius 2 is 2.09 bits per heavy atom. The van der Waals surface area contributed by atoms with Gasteiger partial charge < -0.3 is 9.64 Å². The van der Waals surface area contributed by atoms with Crippen LogP contribution in [0.2, 0.25) is 0 Å². The Bertz CT molecular complexity index is 574. The van der Waals surface area contributed by atoms with E-state index in [4.69, 9.17) is 4.74 Å². The molecule has 1 saturated carbocycles. The number of hydrogen-bond acceptors (Lipinski definition) is 5. The van der Waals surface area contributed by atoms with Gasteiger partial charge in [-0.1, -0.05) is 0 Å². The molecule has 23 heavy (non-hydrogen) atoms. The van der Waals surface area contributed by atoms with Gasteiger partial charge in [0, 0.05) is 30.9 Å². The van der Waals surface area contributed by atoms with Gasteiger partial charge in [0.25, 0.3) is 0 Å². The standard InChI is InChI=1S/C17H25N3O2S/c1-13-18-14(12-23-13)11-19-4-2-17(3-5-19)10-15(17)16(21)20-6-8-22-9-7-20/h12,15H,2-11H2,1H3. The van der Waals surface area contributed by atoms with E-state index in [0.29, 0.717) is 24.5 Å². The van der Waals surface area contributed by atoms with E-state index in [1.807, 2.05) is 4.90 Å². The van der Waals surface area contributed by atoms with Crippen LogP contribution in [-0.4, -0.2) is 60.1 Å². The molecule has 126 valence electrons. The van der Waals surface area contributed by atoms with Gasteiger partial charge in [-0.25, -0.2) is 4.98 Å². The lowest BCUT2D eigenvalue weighted by atomic mass is 9.90. The summed E-state index contributed by atoms with van der Waals surface area (Å²) >= 11 is 1.73. The zero-order valence-electron chi connectivity index (χ0n) is 13.8. The molecule has 2 aliphatic heterocycles. The summed E-state index contributed by atoms with van der Waals surface area (Å²) in [5, 5.41) is 3.31. The van der Waals surface area contributed by atoms with Crippen LogP contribution in [0.5, 0.6) is 0 Å².